The smallest absolute Gasteiger partial charge is 0.249 e. The molecule has 110 valence electrons. The van der Waals surface area contributed by atoms with Gasteiger partial charge in [-0.25, -0.2) is 0 Å². The van der Waals surface area contributed by atoms with Crippen molar-refractivity contribution in [3.63, 3.8) is 0 Å². The van der Waals surface area contributed by atoms with Crippen molar-refractivity contribution in [2.75, 3.05) is 36.5 Å². The third-order valence-electron chi connectivity index (χ3n) is 3.50. The lowest BCUT2D eigenvalue weighted by Crippen LogP contribution is -2.36. The van der Waals surface area contributed by atoms with Crippen LogP contribution in [0.1, 0.15) is 12.5 Å². The van der Waals surface area contributed by atoms with Crippen LogP contribution in [0.4, 0.5) is 17.5 Å². The van der Waals surface area contributed by atoms with Gasteiger partial charge in [-0.1, -0.05) is 19.1 Å². The molecule has 0 unspecified atom stereocenters. The normalized spacial score (nSPS) is 15.0. The number of morpholine rings is 1. The largest absolute Gasteiger partial charge is 0.378 e. The van der Waals surface area contributed by atoms with Crippen molar-refractivity contribution in [2.45, 2.75) is 13.3 Å². The Morgan fingerprint density at radius 1 is 1.19 bits per heavy atom. The van der Waals surface area contributed by atoms with E-state index >= 15 is 0 Å². The highest BCUT2D eigenvalue weighted by Crippen LogP contribution is 2.17. The number of benzene rings is 1. The summed E-state index contributed by atoms with van der Waals surface area (Å²) >= 11 is 0. The van der Waals surface area contributed by atoms with Crippen LogP contribution >= 0.6 is 0 Å². The van der Waals surface area contributed by atoms with Crippen LogP contribution in [0.25, 0.3) is 0 Å². The van der Waals surface area contributed by atoms with Crippen LogP contribution < -0.4 is 10.2 Å². The Hall–Kier alpha value is -2.21. The molecule has 6 nitrogen and oxygen atoms in total. The van der Waals surface area contributed by atoms with Gasteiger partial charge in [0.2, 0.25) is 5.95 Å². The first-order valence-electron chi connectivity index (χ1n) is 7.23. The Bertz CT molecular complexity index is 581. The molecule has 0 aliphatic carbocycles. The van der Waals surface area contributed by atoms with Crippen molar-refractivity contribution in [2.24, 2.45) is 0 Å². The van der Waals surface area contributed by atoms with E-state index in [9.17, 15) is 0 Å². The third-order valence-corrected chi connectivity index (χ3v) is 3.50. The van der Waals surface area contributed by atoms with Crippen LogP contribution in [-0.2, 0) is 11.2 Å². The minimum Gasteiger partial charge on any atom is -0.378 e. The molecule has 1 aromatic heterocycles. The maximum absolute atomic E-state index is 5.35. The summed E-state index contributed by atoms with van der Waals surface area (Å²) in [4.78, 5) is 6.68. The van der Waals surface area contributed by atoms with E-state index < -0.39 is 0 Å². The molecule has 6 heteroatoms. The molecule has 2 aromatic rings. The standard InChI is InChI=1S/C15H19N5O/c1-2-12-3-5-13(6-4-12)17-15-18-14(11-16-19-15)20-7-9-21-10-8-20/h3-6,11H,2,7-10H2,1H3,(H,17,18,19). The zero-order valence-corrected chi connectivity index (χ0v) is 12.1. The lowest BCUT2D eigenvalue weighted by Gasteiger charge is -2.27. The fourth-order valence-corrected chi connectivity index (χ4v) is 2.25. The van der Waals surface area contributed by atoms with Gasteiger partial charge in [-0.3, -0.25) is 0 Å². The molecule has 1 aromatic carbocycles. The number of rotatable bonds is 4. The molecule has 2 heterocycles. The van der Waals surface area contributed by atoms with Gasteiger partial charge in [0.05, 0.1) is 19.4 Å². The molecule has 21 heavy (non-hydrogen) atoms. The topological polar surface area (TPSA) is 63.2 Å². The maximum Gasteiger partial charge on any atom is 0.249 e. The van der Waals surface area contributed by atoms with E-state index in [0.29, 0.717) is 5.95 Å². The van der Waals surface area contributed by atoms with E-state index in [2.05, 4.69) is 44.5 Å². The number of hydrogen-bond donors (Lipinski definition) is 1. The molecule has 0 atom stereocenters. The minimum atomic E-state index is 0.517. The highest BCUT2D eigenvalue weighted by molar-refractivity contribution is 5.54. The number of hydrogen-bond acceptors (Lipinski definition) is 6. The molecule has 1 aliphatic heterocycles. The summed E-state index contributed by atoms with van der Waals surface area (Å²) in [5.41, 5.74) is 2.27. The zero-order valence-electron chi connectivity index (χ0n) is 12.1. The second kappa shape index (κ2) is 6.49. The SMILES string of the molecule is CCc1ccc(Nc2nncc(N3CCOCC3)n2)cc1. The Balaban J connectivity index is 1.72. The van der Waals surface area contributed by atoms with Crippen LogP contribution in [0.3, 0.4) is 0 Å². The van der Waals surface area contributed by atoms with E-state index in [0.717, 1.165) is 44.2 Å². The molecule has 0 spiro atoms. The number of ether oxygens (including phenoxy) is 1. The van der Waals surface area contributed by atoms with Gasteiger partial charge in [0, 0.05) is 18.8 Å². The predicted octanol–water partition coefficient (Wildman–Crippen LogP) is 2.01. The van der Waals surface area contributed by atoms with Crippen molar-refractivity contribution < 1.29 is 4.74 Å². The molecule has 0 saturated carbocycles. The zero-order chi connectivity index (χ0) is 14.5. The first kappa shape index (κ1) is 13.8. The molecule has 0 radical (unpaired) electrons. The van der Waals surface area contributed by atoms with Gasteiger partial charge >= 0.3 is 0 Å². The highest BCUT2D eigenvalue weighted by atomic mass is 16.5. The van der Waals surface area contributed by atoms with Gasteiger partial charge in [0.15, 0.2) is 5.82 Å². The third kappa shape index (κ3) is 3.46. The molecule has 0 bridgehead atoms. The van der Waals surface area contributed by atoms with Crippen molar-refractivity contribution in [1.29, 1.82) is 0 Å². The summed E-state index contributed by atoms with van der Waals surface area (Å²) in [6, 6.07) is 8.26. The number of nitrogens with zero attached hydrogens (tertiary/aromatic N) is 4. The summed E-state index contributed by atoms with van der Waals surface area (Å²) in [6.45, 7) is 5.27. The molecule has 1 saturated heterocycles. The van der Waals surface area contributed by atoms with E-state index in [1.807, 2.05) is 12.1 Å². The van der Waals surface area contributed by atoms with E-state index in [1.165, 1.54) is 5.56 Å². The van der Waals surface area contributed by atoms with Gasteiger partial charge in [-0.15, -0.1) is 5.10 Å². The molecule has 1 fully saturated rings. The van der Waals surface area contributed by atoms with Crippen LogP contribution in [0.2, 0.25) is 0 Å². The molecule has 0 amide bonds. The Labute approximate surface area is 124 Å². The molecule has 1 aliphatic rings. The molecular weight excluding hydrogens is 266 g/mol. The van der Waals surface area contributed by atoms with E-state index in [1.54, 1.807) is 6.20 Å². The summed E-state index contributed by atoms with van der Waals surface area (Å²) in [5, 5.41) is 11.3. The number of aryl methyl sites for hydroxylation is 1. The average Bonchev–Trinajstić information content (AvgIpc) is 2.57. The quantitative estimate of drug-likeness (QED) is 0.927. The van der Waals surface area contributed by atoms with E-state index in [4.69, 9.17) is 4.74 Å². The lowest BCUT2D eigenvalue weighted by atomic mass is 10.1. The van der Waals surface area contributed by atoms with Gasteiger partial charge < -0.3 is 15.0 Å². The van der Waals surface area contributed by atoms with Crippen LogP contribution in [0.15, 0.2) is 30.5 Å². The number of anilines is 3. The van der Waals surface area contributed by atoms with Crippen molar-refractivity contribution in [3.05, 3.63) is 36.0 Å². The van der Waals surface area contributed by atoms with Gasteiger partial charge in [0.1, 0.15) is 0 Å². The van der Waals surface area contributed by atoms with Gasteiger partial charge in [-0.05, 0) is 24.1 Å². The number of aromatic nitrogens is 3. The Morgan fingerprint density at radius 3 is 2.67 bits per heavy atom. The summed E-state index contributed by atoms with van der Waals surface area (Å²) in [5.74, 6) is 1.35. The fourth-order valence-electron chi connectivity index (χ4n) is 2.25. The van der Waals surface area contributed by atoms with Crippen molar-refractivity contribution in [1.82, 2.24) is 15.2 Å². The average molecular weight is 285 g/mol. The van der Waals surface area contributed by atoms with E-state index in [-0.39, 0.29) is 0 Å². The summed E-state index contributed by atoms with van der Waals surface area (Å²) < 4.78 is 5.35. The monoisotopic (exact) mass is 285 g/mol. The van der Waals surface area contributed by atoms with Crippen LogP contribution in [-0.4, -0.2) is 41.5 Å². The van der Waals surface area contributed by atoms with Crippen LogP contribution in [0.5, 0.6) is 0 Å². The highest BCUT2D eigenvalue weighted by Gasteiger charge is 2.13. The Kier molecular flexibility index (Phi) is 4.25. The first-order valence-corrected chi connectivity index (χ1v) is 7.23. The Morgan fingerprint density at radius 2 is 1.95 bits per heavy atom. The fraction of sp³-hybridized carbons (Fsp3) is 0.400. The minimum absolute atomic E-state index is 0.517. The summed E-state index contributed by atoms with van der Waals surface area (Å²) in [7, 11) is 0. The second-order valence-corrected chi connectivity index (χ2v) is 4.91. The van der Waals surface area contributed by atoms with Crippen molar-refractivity contribution in [3.8, 4) is 0 Å². The molecule has 1 N–H and O–H groups in total. The van der Waals surface area contributed by atoms with Crippen molar-refractivity contribution >= 4 is 17.5 Å². The van der Waals surface area contributed by atoms with Gasteiger partial charge in [-0.2, -0.15) is 10.1 Å². The molecule has 3 rings (SSSR count). The number of nitrogens with one attached hydrogen (secondary N) is 1. The second-order valence-electron chi connectivity index (χ2n) is 4.91. The predicted molar refractivity (Wildman–Crippen MR) is 82.0 cm³/mol. The maximum atomic E-state index is 5.35. The molecular formula is C15H19N5O. The van der Waals surface area contributed by atoms with Gasteiger partial charge in [0.25, 0.3) is 0 Å². The van der Waals surface area contributed by atoms with Crippen LogP contribution in [0, 0.1) is 0 Å². The first-order chi connectivity index (χ1) is 10.3. The summed E-state index contributed by atoms with van der Waals surface area (Å²) in [6.07, 6.45) is 2.72. The lowest BCUT2D eigenvalue weighted by molar-refractivity contribution is 0.122.